The van der Waals surface area contributed by atoms with Gasteiger partial charge in [0, 0.05) is 37.1 Å². The second-order valence-electron chi connectivity index (χ2n) is 4.98. The van der Waals surface area contributed by atoms with Gasteiger partial charge in [0.15, 0.2) is 17.4 Å². The van der Waals surface area contributed by atoms with Crippen molar-refractivity contribution in [2.24, 2.45) is 0 Å². The number of nitrogens with zero attached hydrogens (tertiary/aromatic N) is 1. The zero-order chi connectivity index (χ0) is 14.5. The summed E-state index contributed by atoms with van der Waals surface area (Å²) in [5.74, 6) is -1.25. The van der Waals surface area contributed by atoms with E-state index in [1.807, 2.05) is 11.8 Å². The molecule has 0 radical (unpaired) electrons. The molecule has 1 aliphatic heterocycles. The van der Waals surface area contributed by atoms with Gasteiger partial charge < -0.3 is 4.90 Å². The van der Waals surface area contributed by atoms with Crippen LogP contribution >= 0.6 is 11.8 Å². The van der Waals surface area contributed by atoms with Crippen LogP contribution in [0.15, 0.2) is 18.2 Å². The lowest BCUT2D eigenvalue weighted by atomic mass is 10.1. The second kappa shape index (κ2) is 7.18. The molecular weight excluding hydrogens is 280 g/mol. The van der Waals surface area contributed by atoms with Gasteiger partial charge in [-0.15, -0.1) is 0 Å². The van der Waals surface area contributed by atoms with Gasteiger partial charge in [-0.2, -0.15) is 11.8 Å². The minimum Gasteiger partial charge on any atom is -0.301 e. The number of Topliss-reactive ketones (excluding diaryl/α,β-unsaturated/α-hetero) is 1. The van der Waals surface area contributed by atoms with Crippen molar-refractivity contribution in [1.29, 1.82) is 0 Å². The van der Waals surface area contributed by atoms with Crippen LogP contribution in [0, 0.1) is 11.6 Å². The van der Waals surface area contributed by atoms with E-state index in [9.17, 15) is 13.6 Å². The molecule has 1 heterocycles. The fraction of sp³-hybridized carbons (Fsp3) is 0.533. The molecule has 0 saturated carbocycles. The summed E-state index contributed by atoms with van der Waals surface area (Å²) in [5.41, 5.74) is -0.136. The topological polar surface area (TPSA) is 20.3 Å². The van der Waals surface area contributed by atoms with Gasteiger partial charge in [-0.05, 0) is 18.6 Å². The number of carbonyl (C=O) groups is 1. The zero-order valence-electron chi connectivity index (χ0n) is 11.6. The Morgan fingerprint density at radius 2 is 2.25 bits per heavy atom. The Kier molecular flexibility index (Phi) is 5.54. The molecule has 1 saturated heterocycles. The number of thioether (sulfide) groups is 1. The maximum atomic E-state index is 13.5. The van der Waals surface area contributed by atoms with Crippen molar-refractivity contribution in [3.05, 3.63) is 35.4 Å². The highest BCUT2D eigenvalue weighted by Gasteiger charge is 2.20. The predicted octanol–water partition coefficient (Wildman–Crippen LogP) is 3.37. The van der Waals surface area contributed by atoms with E-state index >= 15 is 0 Å². The second-order valence-corrected chi connectivity index (χ2v) is 6.38. The lowest BCUT2D eigenvalue weighted by molar-refractivity contribution is 0.0960. The molecule has 0 N–H and O–H groups in total. The van der Waals surface area contributed by atoms with Gasteiger partial charge in [-0.3, -0.25) is 4.79 Å². The Bertz CT molecular complexity index is 481. The largest absolute Gasteiger partial charge is 0.301 e. The van der Waals surface area contributed by atoms with Crippen molar-refractivity contribution in [1.82, 2.24) is 4.90 Å². The highest BCUT2D eigenvalue weighted by atomic mass is 32.2. The maximum absolute atomic E-state index is 13.5. The summed E-state index contributed by atoms with van der Waals surface area (Å²) < 4.78 is 26.6. The Labute approximate surface area is 122 Å². The highest BCUT2D eigenvalue weighted by molar-refractivity contribution is 8.00. The van der Waals surface area contributed by atoms with Gasteiger partial charge in [0.1, 0.15) is 0 Å². The molecule has 1 aliphatic rings. The number of rotatable bonds is 5. The normalized spacial score (nSPS) is 20.1. The third-order valence-electron chi connectivity index (χ3n) is 3.59. The summed E-state index contributed by atoms with van der Waals surface area (Å²) in [4.78, 5) is 14.2. The van der Waals surface area contributed by atoms with E-state index in [0.717, 1.165) is 31.3 Å². The van der Waals surface area contributed by atoms with Crippen LogP contribution in [0.1, 0.15) is 30.1 Å². The zero-order valence-corrected chi connectivity index (χ0v) is 12.4. The standard InChI is InChI=1S/C15H19F2NOS/c1-2-11-10-18(8-9-20-11)7-6-14(19)12-4-3-5-13(16)15(12)17/h3-5,11H,2,6-10H2,1H3. The molecule has 0 spiro atoms. The van der Waals surface area contributed by atoms with Gasteiger partial charge in [0.25, 0.3) is 0 Å². The Balaban J connectivity index is 1.90. The van der Waals surface area contributed by atoms with Crippen molar-refractivity contribution < 1.29 is 13.6 Å². The molecule has 1 aromatic carbocycles. The Morgan fingerprint density at radius 1 is 1.45 bits per heavy atom. The molecule has 0 bridgehead atoms. The molecule has 1 atom stereocenters. The van der Waals surface area contributed by atoms with Crippen LogP contribution < -0.4 is 0 Å². The summed E-state index contributed by atoms with van der Waals surface area (Å²) in [6.07, 6.45) is 1.36. The SMILES string of the molecule is CCC1CN(CCC(=O)c2cccc(F)c2F)CCS1. The first-order chi connectivity index (χ1) is 9.61. The molecule has 1 fully saturated rings. The first-order valence-corrected chi connectivity index (χ1v) is 7.98. The molecule has 2 rings (SSSR count). The summed E-state index contributed by atoms with van der Waals surface area (Å²) >= 11 is 1.97. The van der Waals surface area contributed by atoms with Crippen LogP contribution in [0.4, 0.5) is 8.78 Å². The van der Waals surface area contributed by atoms with Gasteiger partial charge in [0.05, 0.1) is 5.56 Å². The number of hydrogen-bond donors (Lipinski definition) is 0. The van der Waals surface area contributed by atoms with Gasteiger partial charge in [-0.1, -0.05) is 13.0 Å². The van der Waals surface area contributed by atoms with Crippen LogP contribution in [-0.4, -0.2) is 41.3 Å². The molecule has 0 amide bonds. The molecule has 1 unspecified atom stereocenters. The third kappa shape index (κ3) is 3.79. The van der Waals surface area contributed by atoms with Gasteiger partial charge >= 0.3 is 0 Å². The Hall–Kier alpha value is -0.940. The fourth-order valence-corrected chi connectivity index (χ4v) is 3.59. The first-order valence-electron chi connectivity index (χ1n) is 6.93. The molecular formula is C15H19F2NOS. The van der Waals surface area contributed by atoms with Crippen LogP contribution in [0.5, 0.6) is 0 Å². The molecule has 1 aromatic rings. The lowest BCUT2D eigenvalue weighted by Crippen LogP contribution is -2.38. The van der Waals surface area contributed by atoms with E-state index in [4.69, 9.17) is 0 Å². The Morgan fingerprint density at radius 3 is 3.00 bits per heavy atom. The lowest BCUT2D eigenvalue weighted by Gasteiger charge is -2.31. The first kappa shape index (κ1) is 15.4. The van der Waals surface area contributed by atoms with Crippen molar-refractivity contribution in [2.45, 2.75) is 25.0 Å². The van der Waals surface area contributed by atoms with Crippen molar-refractivity contribution in [3.8, 4) is 0 Å². The van der Waals surface area contributed by atoms with E-state index < -0.39 is 11.6 Å². The predicted molar refractivity (Wildman–Crippen MR) is 78.3 cm³/mol. The van der Waals surface area contributed by atoms with Crippen LogP contribution in [0.3, 0.4) is 0 Å². The minimum atomic E-state index is -1.03. The van der Waals surface area contributed by atoms with E-state index in [2.05, 4.69) is 11.8 Å². The van der Waals surface area contributed by atoms with E-state index in [1.165, 1.54) is 12.1 Å². The number of hydrogen-bond acceptors (Lipinski definition) is 3. The summed E-state index contributed by atoms with van der Waals surface area (Å²) in [5, 5.41) is 0.616. The van der Waals surface area contributed by atoms with Crippen molar-refractivity contribution in [2.75, 3.05) is 25.4 Å². The van der Waals surface area contributed by atoms with E-state index in [0.29, 0.717) is 11.8 Å². The molecule has 110 valence electrons. The number of halogens is 2. The van der Waals surface area contributed by atoms with Crippen molar-refractivity contribution >= 4 is 17.5 Å². The molecule has 0 aliphatic carbocycles. The van der Waals surface area contributed by atoms with Gasteiger partial charge in [-0.25, -0.2) is 8.78 Å². The van der Waals surface area contributed by atoms with E-state index in [1.54, 1.807) is 0 Å². The number of ketones is 1. The van der Waals surface area contributed by atoms with Crippen molar-refractivity contribution in [3.63, 3.8) is 0 Å². The van der Waals surface area contributed by atoms with Gasteiger partial charge in [0.2, 0.25) is 0 Å². The van der Waals surface area contributed by atoms with Crippen LogP contribution in [0.25, 0.3) is 0 Å². The third-order valence-corrected chi connectivity index (χ3v) is 4.96. The molecule has 20 heavy (non-hydrogen) atoms. The van der Waals surface area contributed by atoms with Crippen LogP contribution in [0.2, 0.25) is 0 Å². The summed E-state index contributed by atoms with van der Waals surface area (Å²) in [7, 11) is 0. The van der Waals surface area contributed by atoms with E-state index in [-0.39, 0.29) is 17.8 Å². The minimum absolute atomic E-state index is 0.136. The fourth-order valence-electron chi connectivity index (χ4n) is 2.34. The highest BCUT2D eigenvalue weighted by Crippen LogP contribution is 2.21. The average molecular weight is 299 g/mol. The number of carbonyl (C=O) groups excluding carboxylic acids is 1. The quantitative estimate of drug-likeness (QED) is 0.778. The summed E-state index contributed by atoms with van der Waals surface area (Å²) in [6.45, 7) is 4.71. The molecule has 5 heteroatoms. The monoisotopic (exact) mass is 299 g/mol. The molecule has 2 nitrogen and oxygen atoms in total. The smallest absolute Gasteiger partial charge is 0.169 e. The summed E-state index contributed by atoms with van der Waals surface area (Å²) in [6, 6.07) is 3.75. The number of benzene rings is 1. The van der Waals surface area contributed by atoms with Crippen LogP contribution in [-0.2, 0) is 0 Å². The molecule has 0 aromatic heterocycles. The maximum Gasteiger partial charge on any atom is 0.169 e. The average Bonchev–Trinajstić information content (AvgIpc) is 2.48.